The van der Waals surface area contributed by atoms with Crippen molar-refractivity contribution in [2.45, 2.75) is 57.4 Å². The van der Waals surface area contributed by atoms with E-state index < -0.39 is 0 Å². The number of nitrogens with zero attached hydrogens (tertiary/aromatic N) is 1. The van der Waals surface area contributed by atoms with E-state index in [1.54, 1.807) is 42.6 Å². The van der Waals surface area contributed by atoms with Crippen LogP contribution in [0.5, 0.6) is 0 Å². The molecule has 3 N–H and O–H groups in total. The summed E-state index contributed by atoms with van der Waals surface area (Å²) >= 11 is 1.48. The first kappa shape index (κ1) is 23.2. The van der Waals surface area contributed by atoms with E-state index in [-0.39, 0.29) is 23.8 Å². The van der Waals surface area contributed by atoms with E-state index >= 15 is 0 Å². The molecule has 0 aliphatic heterocycles. The van der Waals surface area contributed by atoms with E-state index in [0.29, 0.717) is 27.4 Å². The molecule has 2 heterocycles. The molecule has 3 aromatic rings. The average Bonchev–Trinajstić information content (AvgIpc) is 3.52. The normalized spacial score (nSPS) is 15.3. The maximum absolute atomic E-state index is 13.4. The van der Waals surface area contributed by atoms with Gasteiger partial charge in [-0.2, -0.15) is 0 Å². The lowest BCUT2D eigenvalue weighted by atomic mass is 9.95. The molecule has 1 fully saturated rings. The number of nitrogens with one attached hydrogen (secondary N) is 3. The molecule has 8 heteroatoms. The fraction of sp³-hybridized carbons (Fsp3) is 0.333. The zero-order valence-electron chi connectivity index (χ0n) is 19.4. The zero-order chi connectivity index (χ0) is 24.2. The van der Waals surface area contributed by atoms with Crippen LogP contribution in [0.1, 0.15) is 80.0 Å². The standard InChI is InChI=1S/C27H28N4O3S/c32-24(29-19-7-1-2-8-19)17-11-13-20(14-12-17)30-26(34)23-21-9-3-4-10-22(21)35-27(23)31-25(33)18-6-5-15-28-16-18/h5-6,11-16,19H,1-4,7-10H2,(H,29,32)(H,30,34)(H,31,33). The van der Waals surface area contributed by atoms with E-state index in [9.17, 15) is 14.4 Å². The summed E-state index contributed by atoms with van der Waals surface area (Å²) in [5, 5.41) is 9.54. The highest BCUT2D eigenvalue weighted by Gasteiger charge is 2.27. The second-order valence-corrected chi connectivity index (χ2v) is 10.2. The van der Waals surface area contributed by atoms with Crippen LogP contribution in [0.15, 0.2) is 48.8 Å². The van der Waals surface area contributed by atoms with Crippen molar-refractivity contribution in [1.82, 2.24) is 10.3 Å². The number of fused-ring (bicyclic) bond motifs is 1. The lowest BCUT2D eigenvalue weighted by molar-refractivity contribution is 0.0936. The number of hydrogen-bond acceptors (Lipinski definition) is 5. The van der Waals surface area contributed by atoms with Crippen LogP contribution in [0.3, 0.4) is 0 Å². The van der Waals surface area contributed by atoms with Crippen LogP contribution >= 0.6 is 11.3 Å². The number of hydrogen-bond donors (Lipinski definition) is 3. The maximum Gasteiger partial charge on any atom is 0.258 e. The number of thiophene rings is 1. The number of carbonyl (C=O) groups excluding carboxylic acids is 3. The van der Waals surface area contributed by atoms with Crippen molar-refractivity contribution in [3.63, 3.8) is 0 Å². The summed E-state index contributed by atoms with van der Waals surface area (Å²) < 4.78 is 0. The highest BCUT2D eigenvalue weighted by molar-refractivity contribution is 7.17. The van der Waals surface area contributed by atoms with Crippen LogP contribution in [0.2, 0.25) is 0 Å². The molecule has 0 unspecified atom stereocenters. The van der Waals surface area contributed by atoms with Gasteiger partial charge in [0.25, 0.3) is 17.7 Å². The highest BCUT2D eigenvalue weighted by atomic mass is 32.1. The van der Waals surface area contributed by atoms with Crippen molar-refractivity contribution in [3.05, 3.63) is 75.9 Å². The van der Waals surface area contributed by atoms with Crippen molar-refractivity contribution in [2.24, 2.45) is 0 Å². The Morgan fingerprint density at radius 1 is 0.829 bits per heavy atom. The molecule has 1 saturated carbocycles. The van der Waals surface area contributed by atoms with E-state index in [2.05, 4.69) is 20.9 Å². The number of aromatic nitrogens is 1. The molecule has 180 valence electrons. The first-order valence-corrected chi connectivity index (χ1v) is 13.0. The Hall–Kier alpha value is -3.52. The average molecular weight is 489 g/mol. The van der Waals surface area contributed by atoms with Gasteiger partial charge in [-0.1, -0.05) is 12.8 Å². The third kappa shape index (κ3) is 5.27. The molecule has 2 aliphatic carbocycles. The van der Waals surface area contributed by atoms with Crippen LogP contribution in [0.25, 0.3) is 0 Å². The summed E-state index contributed by atoms with van der Waals surface area (Å²) in [4.78, 5) is 43.8. The zero-order valence-corrected chi connectivity index (χ0v) is 20.2. The largest absolute Gasteiger partial charge is 0.349 e. The molecule has 0 atom stereocenters. The van der Waals surface area contributed by atoms with Crippen molar-refractivity contribution >= 4 is 39.7 Å². The Labute approximate surface area is 208 Å². The summed E-state index contributed by atoms with van der Waals surface area (Å²) in [6.45, 7) is 0. The third-order valence-electron chi connectivity index (χ3n) is 6.64. The molecule has 0 bridgehead atoms. The Balaban J connectivity index is 1.32. The number of pyridine rings is 1. The number of benzene rings is 1. The van der Waals surface area contributed by atoms with Gasteiger partial charge in [-0.3, -0.25) is 19.4 Å². The van der Waals surface area contributed by atoms with E-state index in [0.717, 1.165) is 61.8 Å². The summed E-state index contributed by atoms with van der Waals surface area (Å²) in [5.74, 6) is -0.625. The van der Waals surface area contributed by atoms with Gasteiger partial charge in [0, 0.05) is 34.6 Å². The first-order valence-electron chi connectivity index (χ1n) is 12.2. The molecule has 0 spiro atoms. The van der Waals surface area contributed by atoms with Crippen LogP contribution in [-0.2, 0) is 12.8 Å². The minimum absolute atomic E-state index is 0.0814. The minimum Gasteiger partial charge on any atom is -0.349 e. The van der Waals surface area contributed by atoms with Gasteiger partial charge in [-0.05, 0) is 80.5 Å². The van der Waals surface area contributed by atoms with Crippen LogP contribution in [0.4, 0.5) is 10.7 Å². The Morgan fingerprint density at radius 2 is 1.60 bits per heavy atom. The molecule has 7 nitrogen and oxygen atoms in total. The predicted octanol–water partition coefficient (Wildman–Crippen LogP) is 5.20. The fourth-order valence-electron chi connectivity index (χ4n) is 4.80. The first-order chi connectivity index (χ1) is 17.1. The molecular formula is C27H28N4O3S. The molecule has 2 aliphatic rings. The summed E-state index contributed by atoms with van der Waals surface area (Å²) in [5.41, 5.74) is 3.18. The molecule has 2 aromatic heterocycles. The van der Waals surface area contributed by atoms with Gasteiger partial charge in [-0.15, -0.1) is 11.3 Å². The van der Waals surface area contributed by atoms with Crippen molar-refractivity contribution < 1.29 is 14.4 Å². The van der Waals surface area contributed by atoms with Crippen LogP contribution in [0, 0.1) is 0 Å². The molecule has 0 radical (unpaired) electrons. The second-order valence-electron chi connectivity index (χ2n) is 9.10. The number of carbonyl (C=O) groups is 3. The number of aryl methyl sites for hydroxylation is 1. The summed E-state index contributed by atoms with van der Waals surface area (Å²) in [6.07, 6.45) is 11.3. The summed E-state index contributed by atoms with van der Waals surface area (Å²) in [6, 6.07) is 10.6. The third-order valence-corrected chi connectivity index (χ3v) is 7.85. The molecular weight excluding hydrogens is 460 g/mol. The van der Waals surface area contributed by atoms with Gasteiger partial charge in [0.15, 0.2) is 0 Å². The number of rotatable bonds is 6. The van der Waals surface area contributed by atoms with Gasteiger partial charge in [0.05, 0.1) is 11.1 Å². The molecule has 5 rings (SSSR count). The SMILES string of the molecule is O=C(Nc1sc2c(c1C(=O)Nc1ccc(C(=O)NC3CCCC3)cc1)CCCC2)c1cccnc1. The Morgan fingerprint density at radius 3 is 2.34 bits per heavy atom. The smallest absolute Gasteiger partial charge is 0.258 e. The van der Waals surface area contributed by atoms with Gasteiger partial charge in [0.1, 0.15) is 5.00 Å². The minimum atomic E-state index is -0.289. The van der Waals surface area contributed by atoms with Gasteiger partial charge in [0.2, 0.25) is 0 Å². The van der Waals surface area contributed by atoms with E-state index in [1.165, 1.54) is 17.5 Å². The van der Waals surface area contributed by atoms with Crippen molar-refractivity contribution in [2.75, 3.05) is 10.6 Å². The lowest BCUT2D eigenvalue weighted by Crippen LogP contribution is -2.32. The fourth-order valence-corrected chi connectivity index (χ4v) is 6.09. The molecule has 1 aromatic carbocycles. The van der Waals surface area contributed by atoms with Gasteiger partial charge in [-0.25, -0.2) is 0 Å². The predicted molar refractivity (Wildman–Crippen MR) is 137 cm³/mol. The Kier molecular flexibility index (Phi) is 6.90. The number of amides is 3. The van der Waals surface area contributed by atoms with Crippen molar-refractivity contribution in [3.8, 4) is 0 Å². The highest BCUT2D eigenvalue weighted by Crippen LogP contribution is 2.38. The lowest BCUT2D eigenvalue weighted by Gasteiger charge is -2.14. The maximum atomic E-state index is 13.4. The second kappa shape index (κ2) is 10.4. The molecule has 35 heavy (non-hydrogen) atoms. The quantitative estimate of drug-likeness (QED) is 0.444. The molecule has 3 amide bonds. The van der Waals surface area contributed by atoms with E-state index in [4.69, 9.17) is 0 Å². The topological polar surface area (TPSA) is 100 Å². The molecule has 0 saturated heterocycles. The van der Waals surface area contributed by atoms with Crippen molar-refractivity contribution in [1.29, 1.82) is 0 Å². The number of anilines is 2. The van der Waals surface area contributed by atoms with Crippen LogP contribution in [-0.4, -0.2) is 28.7 Å². The summed E-state index contributed by atoms with van der Waals surface area (Å²) in [7, 11) is 0. The van der Waals surface area contributed by atoms with Gasteiger partial charge < -0.3 is 16.0 Å². The van der Waals surface area contributed by atoms with Gasteiger partial charge >= 0.3 is 0 Å². The van der Waals surface area contributed by atoms with Crippen LogP contribution < -0.4 is 16.0 Å². The Bertz CT molecular complexity index is 1230. The monoisotopic (exact) mass is 488 g/mol. The van der Waals surface area contributed by atoms with E-state index in [1.807, 2.05) is 0 Å².